The SMILES string of the molecule is Cc1ccc(S(=O)(=O)N2CCN(Cc3cn4ccccc4n3)CC2)cc1. The molecule has 4 rings (SSSR count). The molecule has 26 heavy (non-hydrogen) atoms. The molecule has 0 unspecified atom stereocenters. The van der Waals surface area contributed by atoms with Crippen LogP contribution in [0.2, 0.25) is 0 Å². The van der Waals surface area contributed by atoms with Gasteiger partial charge in [0.05, 0.1) is 10.6 Å². The highest BCUT2D eigenvalue weighted by molar-refractivity contribution is 7.89. The third-order valence-electron chi connectivity index (χ3n) is 4.79. The van der Waals surface area contributed by atoms with Crippen molar-refractivity contribution in [2.75, 3.05) is 26.2 Å². The van der Waals surface area contributed by atoms with Crippen molar-refractivity contribution in [3.05, 3.63) is 66.1 Å². The summed E-state index contributed by atoms with van der Waals surface area (Å²) in [5.74, 6) is 0. The number of aromatic nitrogens is 2. The van der Waals surface area contributed by atoms with Crippen LogP contribution < -0.4 is 0 Å². The molecule has 6 nitrogen and oxygen atoms in total. The molecule has 0 atom stereocenters. The van der Waals surface area contributed by atoms with Crippen LogP contribution in [0.15, 0.2) is 59.8 Å². The molecule has 136 valence electrons. The molecule has 0 aliphatic carbocycles. The molecule has 0 saturated carbocycles. The number of imidazole rings is 1. The van der Waals surface area contributed by atoms with Crippen LogP contribution in [0.25, 0.3) is 5.65 Å². The number of fused-ring (bicyclic) bond motifs is 1. The van der Waals surface area contributed by atoms with Gasteiger partial charge < -0.3 is 4.40 Å². The Morgan fingerprint density at radius 2 is 1.73 bits per heavy atom. The summed E-state index contributed by atoms with van der Waals surface area (Å²) in [5, 5.41) is 0. The third kappa shape index (κ3) is 3.38. The van der Waals surface area contributed by atoms with Crippen molar-refractivity contribution in [2.24, 2.45) is 0 Å². The predicted molar refractivity (Wildman–Crippen MR) is 100 cm³/mol. The zero-order valence-corrected chi connectivity index (χ0v) is 15.6. The first-order chi connectivity index (χ1) is 12.5. The van der Waals surface area contributed by atoms with Gasteiger partial charge in [-0.3, -0.25) is 4.90 Å². The molecule has 7 heteroatoms. The van der Waals surface area contributed by atoms with Crippen LogP contribution in [0.5, 0.6) is 0 Å². The van der Waals surface area contributed by atoms with Crippen LogP contribution in [0, 0.1) is 6.92 Å². The van der Waals surface area contributed by atoms with E-state index in [1.165, 1.54) is 0 Å². The molecule has 1 aromatic carbocycles. The van der Waals surface area contributed by atoms with E-state index in [1.54, 1.807) is 16.4 Å². The zero-order chi connectivity index (χ0) is 18.1. The van der Waals surface area contributed by atoms with Gasteiger partial charge in [0.1, 0.15) is 5.65 Å². The number of hydrogen-bond donors (Lipinski definition) is 0. The normalized spacial score (nSPS) is 17.0. The largest absolute Gasteiger partial charge is 0.307 e. The Kier molecular flexibility index (Phi) is 4.52. The lowest BCUT2D eigenvalue weighted by Crippen LogP contribution is -2.48. The summed E-state index contributed by atoms with van der Waals surface area (Å²) in [6.07, 6.45) is 4.02. The Hall–Kier alpha value is -2.22. The standard InChI is InChI=1S/C19H22N4O2S/c1-16-5-7-18(8-6-16)26(24,25)23-12-10-21(11-13-23)14-17-15-22-9-3-2-4-19(22)20-17/h2-9,15H,10-14H2,1H3. The van der Waals surface area contributed by atoms with Gasteiger partial charge in [-0.05, 0) is 31.2 Å². The van der Waals surface area contributed by atoms with Crippen molar-refractivity contribution in [3.63, 3.8) is 0 Å². The van der Waals surface area contributed by atoms with Crippen LogP contribution in [0.1, 0.15) is 11.3 Å². The highest BCUT2D eigenvalue weighted by Gasteiger charge is 2.28. The summed E-state index contributed by atoms with van der Waals surface area (Å²) in [4.78, 5) is 7.24. The molecule has 0 bridgehead atoms. The third-order valence-corrected chi connectivity index (χ3v) is 6.70. The van der Waals surface area contributed by atoms with E-state index in [-0.39, 0.29) is 0 Å². The van der Waals surface area contributed by atoms with E-state index in [4.69, 9.17) is 0 Å². The summed E-state index contributed by atoms with van der Waals surface area (Å²) in [6.45, 7) is 5.11. The highest BCUT2D eigenvalue weighted by atomic mass is 32.2. The van der Waals surface area contributed by atoms with Gasteiger partial charge in [0.25, 0.3) is 0 Å². The fourth-order valence-electron chi connectivity index (χ4n) is 3.28. The van der Waals surface area contributed by atoms with Gasteiger partial charge in [0, 0.05) is 45.1 Å². The Labute approximate surface area is 153 Å². The summed E-state index contributed by atoms with van der Waals surface area (Å²) in [6, 6.07) is 13.0. The first kappa shape index (κ1) is 17.2. The van der Waals surface area contributed by atoms with E-state index in [9.17, 15) is 8.42 Å². The van der Waals surface area contributed by atoms with Gasteiger partial charge in [-0.2, -0.15) is 4.31 Å². The fourth-order valence-corrected chi connectivity index (χ4v) is 4.70. The number of piperazine rings is 1. The number of hydrogen-bond acceptors (Lipinski definition) is 4. The maximum atomic E-state index is 12.8. The molecule has 0 amide bonds. The number of aryl methyl sites for hydroxylation is 1. The Bertz CT molecular complexity index is 970. The molecule has 0 radical (unpaired) electrons. The average Bonchev–Trinajstić information content (AvgIpc) is 3.05. The van der Waals surface area contributed by atoms with Crippen LogP contribution in [-0.2, 0) is 16.6 Å². The molecule has 1 fully saturated rings. The van der Waals surface area contributed by atoms with Crippen LogP contribution in [0.4, 0.5) is 0 Å². The van der Waals surface area contributed by atoms with Gasteiger partial charge in [0.15, 0.2) is 0 Å². The Balaban J connectivity index is 1.41. The van der Waals surface area contributed by atoms with Crippen LogP contribution in [0.3, 0.4) is 0 Å². The maximum Gasteiger partial charge on any atom is 0.243 e. The highest BCUT2D eigenvalue weighted by Crippen LogP contribution is 2.19. The first-order valence-corrected chi connectivity index (χ1v) is 10.2. The quantitative estimate of drug-likeness (QED) is 0.706. The molecule has 3 aromatic rings. The lowest BCUT2D eigenvalue weighted by atomic mass is 10.2. The summed E-state index contributed by atoms with van der Waals surface area (Å²) in [7, 11) is -3.41. The Morgan fingerprint density at radius 3 is 2.42 bits per heavy atom. The van der Waals surface area contributed by atoms with E-state index >= 15 is 0 Å². The molecule has 1 saturated heterocycles. The summed E-state index contributed by atoms with van der Waals surface area (Å²) < 4.78 is 29.1. The summed E-state index contributed by atoms with van der Waals surface area (Å²) in [5.41, 5.74) is 3.00. The van der Waals surface area contributed by atoms with E-state index in [2.05, 4.69) is 9.88 Å². The van der Waals surface area contributed by atoms with E-state index in [0.29, 0.717) is 31.1 Å². The molecular weight excluding hydrogens is 348 g/mol. The van der Waals surface area contributed by atoms with Crippen molar-refractivity contribution in [3.8, 4) is 0 Å². The van der Waals surface area contributed by atoms with Crippen molar-refractivity contribution in [2.45, 2.75) is 18.4 Å². The number of rotatable bonds is 4. The molecule has 1 aliphatic heterocycles. The maximum absolute atomic E-state index is 12.8. The van der Waals surface area contributed by atoms with Crippen LogP contribution in [-0.4, -0.2) is 53.2 Å². The monoisotopic (exact) mass is 370 g/mol. The van der Waals surface area contributed by atoms with Crippen molar-refractivity contribution >= 4 is 15.7 Å². The molecule has 3 heterocycles. The fraction of sp³-hybridized carbons (Fsp3) is 0.316. The smallest absolute Gasteiger partial charge is 0.243 e. The van der Waals surface area contributed by atoms with Gasteiger partial charge >= 0.3 is 0 Å². The van der Waals surface area contributed by atoms with E-state index < -0.39 is 10.0 Å². The second-order valence-corrected chi connectivity index (χ2v) is 8.63. The number of nitrogens with zero attached hydrogens (tertiary/aromatic N) is 4. The summed E-state index contributed by atoms with van der Waals surface area (Å²) >= 11 is 0. The second kappa shape index (κ2) is 6.83. The minimum atomic E-state index is -3.41. The first-order valence-electron chi connectivity index (χ1n) is 8.74. The van der Waals surface area contributed by atoms with Gasteiger partial charge in [0.2, 0.25) is 10.0 Å². The van der Waals surface area contributed by atoms with Crippen LogP contribution >= 0.6 is 0 Å². The predicted octanol–water partition coefficient (Wildman–Crippen LogP) is 2.15. The zero-order valence-electron chi connectivity index (χ0n) is 14.7. The van der Waals surface area contributed by atoms with E-state index in [0.717, 1.165) is 23.4 Å². The van der Waals surface area contributed by atoms with Crippen molar-refractivity contribution in [1.29, 1.82) is 0 Å². The van der Waals surface area contributed by atoms with Gasteiger partial charge in [-0.1, -0.05) is 23.8 Å². The van der Waals surface area contributed by atoms with Crippen molar-refractivity contribution in [1.82, 2.24) is 18.6 Å². The second-order valence-electron chi connectivity index (χ2n) is 6.69. The molecule has 2 aromatic heterocycles. The minimum Gasteiger partial charge on any atom is -0.307 e. The molecule has 1 aliphatic rings. The van der Waals surface area contributed by atoms with E-state index in [1.807, 2.05) is 54.0 Å². The number of pyridine rings is 1. The molecule has 0 N–H and O–H groups in total. The molecule has 0 spiro atoms. The van der Waals surface area contributed by atoms with Crippen molar-refractivity contribution < 1.29 is 8.42 Å². The van der Waals surface area contributed by atoms with Gasteiger partial charge in [-0.25, -0.2) is 13.4 Å². The molecular formula is C19H22N4O2S. The topological polar surface area (TPSA) is 57.9 Å². The lowest BCUT2D eigenvalue weighted by Gasteiger charge is -2.33. The number of benzene rings is 1. The average molecular weight is 370 g/mol. The lowest BCUT2D eigenvalue weighted by molar-refractivity contribution is 0.180. The minimum absolute atomic E-state index is 0.372. The number of sulfonamides is 1. The van der Waals surface area contributed by atoms with Gasteiger partial charge in [-0.15, -0.1) is 0 Å². The Morgan fingerprint density at radius 1 is 1.00 bits per heavy atom.